The van der Waals surface area contributed by atoms with Crippen molar-refractivity contribution in [2.24, 2.45) is 5.92 Å². The Kier molecular flexibility index (Phi) is 5.48. The van der Waals surface area contributed by atoms with Crippen molar-refractivity contribution in [1.82, 2.24) is 15.1 Å². The average molecular weight is 445 g/mol. The first-order valence-electron chi connectivity index (χ1n) is 11.1. The Hall–Kier alpha value is -3.10. The molecule has 2 heterocycles. The number of benzene rings is 2. The second-order valence-corrected chi connectivity index (χ2v) is 9.34. The first-order valence-corrected chi connectivity index (χ1v) is 11.5. The van der Waals surface area contributed by atoms with Crippen LogP contribution < -0.4 is 0 Å². The molecule has 5 rings (SSSR count). The van der Waals surface area contributed by atoms with Crippen LogP contribution in [-0.4, -0.2) is 33.6 Å². The molecule has 0 saturated carbocycles. The maximum atomic E-state index is 13.3. The number of nitrogens with zero attached hydrogens (tertiary/aromatic N) is 3. The fourth-order valence-electron chi connectivity index (χ4n) is 5.16. The smallest absolute Gasteiger partial charge is 0.226 e. The molecule has 3 aromatic rings. The predicted octanol–water partition coefficient (Wildman–Crippen LogP) is 4.86. The van der Waals surface area contributed by atoms with Gasteiger partial charge in [-0.3, -0.25) is 9.89 Å². The van der Waals surface area contributed by atoms with Gasteiger partial charge in [0.2, 0.25) is 5.91 Å². The Bertz CT molecular complexity index is 1180. The number of likely N-dealkylation sites (tertiary alicyclic amines) is 1. The lowest BCUT2D eigenvalue weighted by atomic mass is 9.91. The SMILES string of the molecule is Cc1cc(-c2ccc(C#N)cc2)cc(Cl)c1CC1CCN(C2CCc3[nH]ncc3C2)C1=O. The third-order valence-corrected chi connectivity index (χ3v) is 7.34. The third kappa shape index (κ3) is 3.80. The molecule has 1 aliphatic carbocycles. The molecule has 6 heteroatoms. The highest BCUT2D eigenvalue weighted by atomic mass is 35.5. The van der Waals surface area contributed by atoms with Crippen LogP contribution in [-0.2, 0) is 24.1 Å². The maximum Gasteiger partial charge on any atom is 0.226 e. The van der Waals surface area contributed by atoms with Gasteiger partial charge in [0, 0.05) is 29.2 Å². The number of nitrogens with one attached hydrogen (secondary N) is 1. The number of rotatable bonds is 4. The van der Waals surface area contributed by atoms with Gasteiger partial charge in [0.25, 0.3) is 0 Å². The molecule has 5 nitrogen and oxygen atoms in total. The quantitative estimate of drug-likeness (QED) is 0.624. The number of aromatic nitrogens is 2. The van der Waals surface area contributed by atoms with Crippen molar-refractivity contribution >= 4 is 17.5 Å². The largest absolute Gasteiger partial charge is 0.339 e. The Morgan fingerprint density at radius 3 is 2.78 bits per heavy atom. The van der Waals surface area contributed by atoms with E-state index in [0.29, 0.717) is 17.0 Å². The Balaban J connectivity index is 1.31. The van der Waals surface area contributed by atoms with Crippen molar-refractivity contribution in [2.45, 2.75) is 45.1 Å². The van der Waals surface area contributed by atoms with E-state index in [1.165, 1.54) is 11.3 Å². The van der Waals surface area contributed by atoms with E-state index in [0.717, 1.165) is 54.5 Å². The molecule has 2 aliphatic rings. The number of carbonyl (C=O) groups is 1. The van der Waals surface area contributed by atoms with Crippen LogP contribution in [0.4, 0.5) is 0 Å². The van der Waals surface area contributed by atoms with Crippen LogP contribution in [0, 0.1) is 24.2 Å². The molecule has 0 bridgehead atoms. The summed E-state index contributed by atoms with van der Waals surface area (Å²) in [5, 5.41) is 16.9. The summed E-state index contributed by atoms with van der Waals surface area (Å²) in [5.41, 5.74) is 7.31. The van der Waals surface area contributed by atoms with E-state index in [2.05, 4.69) is 34.2 Å². The zero-order valence-electron chi connectivity index (χ0n) is 18.1. The van der Waals surface area contributed by atoms with Crippen molar-refractivity contribution in [3.8, 4) is 17.2 Å². The summed E-state index contributed by atoms with van der Waals surface area (Å²) >= 11 is 6.71. The van der Waals surface area contributed by atoms with E-state index in [1.54, 1.807) is 0 Å². The van der Waals surface area contributed by atoms with Crippen molar-refractivity contribution in [3.63, 3.8) is 0 Å². The molecule has 1 aromatic heterocycles. The summed E-state index contributed by atoms with van der Waals surface area (Å²) in [7, 11) is 0. The van der Waals surface area contributed by atoms with Crippen molar-refractivity contribution in [1.29, 1.82) is 5.26 Å². The standard InChI is InChI=1S/C26H25ClN4O/c1-16-10-20(18-4-2-17(14-28)3-5-18)13-24(27)23(16)12-19-8-9-31(26(19)32)22-6-7-25-21(11-22)15-29-30-25/h2-5,10,13,15,19,22H,6-9,11-12H2,1H3,(H,29,30). The Morgan fingerprint density at radius 2 is 2.03 bits per heavy atom. The monoisotopic (exact) mass is 444 g/mol. The third-order valence-electron chi connectivity index (χ3n) is 7.00. The minimum atomic E-state index is -0.0160. The zero-order chi connectivity index (χ0) is 22.2. The Labute approximate surface area is 193 Å². The number of hydrogen-bond donors (Lipinski definition) is 1. The molecule has 1 N–H and O–H groups in total. The number of hydrogen-bond acceptors (Lipinski definition) is 3. The van der Waals surface area contributed by atoms with Crippen LogP contribution in [0.1, 0.15) is 40.8 Å². The minimum Gasteiger partial charge on any atom is -0.339 e. The van der Waals surface area contributed by atoms with Gasteiger partial charge in [-0.15, -0.1) is 0 Å². The van der Waals surface area contributed by atoms with E-state index in [9.17, 15) is 4.79 Å². The number of fused-ring (bicyclic) bond motifs is 1. The lowest BCUT2D eigenvalue weighted by molar-refractivity contribution is -0.133. The number of aromatic amines is 1. The highest BCUT2D eigenvalue weighted by Gasteiger charge is 2.37. The Morgan fingerprint density at radius 1 is 1.22 bits per heavy atom. The summed E-state index contributed by atoms with van der Waals surface area (Å²) in [6.45, 7) is 2.88. The normalized spacial score (nSPS) is 20.3. The molecule has 0 radical (unpaired) electrons. The molecule has 0 spiro atoms. The summed E-state index contributed by atoms with van der Waals surface area (Å²) in [6, 6.07) is 14.0. The molecule has 1 saturated heterocycles. The molecule has 2 atom stereocenters. The van der Waals surface area contributed by atoms with E-state index >= 15 is 0 Å². The number of carbonyl (C=O) groups excluding carboxylic acids is 1. The fraction of sp³-hybridized carbons (Fsp3) is 0.346. The molecule has 162 valence electrons. The highest BCUT2D eigenvalue weighted by Crippen LogP contribution is 2.34. The summed E-state index contributed by atoms with van der Waals surface area (Å²) in [4.78, 5) is 15.4. The summed E-state index contributed by atoms with van der Waals surface area (Å²) < 4.78 is 0. The number of amides is 1. The lowest BCUT2D eigenvalue weighted by Gasteiger charge is -2.31. The number of H-pyrrole nitrogens is 1. The molecule has 2 unspecified atom stereocenters. The van der Waals surface area contributed by atoms with Gasteiger partial charge in [-0.2, -0.15) is 10.4 Å². The van der Waals surface area contributed by atoms with E-state index in [-0.39, 0.29) is 17.9 Å². The van der Waals surface area contributed by atoms with Crippen molar-refractivity contribution in [2.75, 3.05) is 6.54 Å². The van der Waals surface area contributed by atoms with Crippen molar-refractivity contribution < 1.29 is 4.79 Å². The molecule has 1 fully saturated rings. The van der Waals surface area contributed by atoms with Crippen LogP contribution in [0.25, 0.3) is 11.1 Å². The molecule has 1 aliphatic heterocycles. The van der Waals surface area contributed by atoms with Gasteiger partial charge in [-0.25, -0.2) is 0 Å². The highest BCUT2D eigenvalue weighted by molar-refractivity contribution is 6.31. The van der Waals surface area contributed by atoms with Gasteiger partial charge in [0.1, 0.15) is 0 Å². The van der Waals surface area contributed by atoms with Crippen LogP contribution in [0.2, 0.25) is 5.02 Å². The molecule has 2 aromatic carbocycles. The molecule has 1 amide bonds. The first-order chi connectivity index (χ1) is 15.5. The zero-order valence-corrected chi connectivity index (χ0v) is 18.8. The minimum absolute atomic E-state index is 0.0160. The van der Waals surface area contributed by atoms with Gasteiger partial charge in [0.05, 0.1) is 17.8 Å². The second-order valence-electron chi connectivity index (χ2n) is 8.93. The number of aryl methyl sites for hydroxylation is 2. The summed E-state index contributed by atoms with van der Waals surface area (Å²) in [5.74, 6) is 0.242. The van der Waals surface area contributed by atoms with E-state index in [4.69, 9.17) is 16.9 Å². The van der Waals surface area contributed by atoms with Crippen molar-refractivity contribution in [3.05, 3.63) is 75.6 Å². The van der Waals surface area contributed by atoms with Crippen LogP contribution in [0.3, 0.4) is 0 Å². The maximum absolute atomic E-state index is 13.3. The summed E-state index contributed by atoms with van der Waals surface area (Å²) in [6.07, 6.45) is 6.29. The van der Waals surface area contributed by atoms with Gasteiger partial charge >= 0.3 is 0 Å². The van der Waals surface area contributed by atoms with E-state index in [1.807, 2.05) is 36.5 Å². The first kappa shape index (κ1) is 20.8. The van der Waals surface area contributed by atoms with Gasteiger partial charge < -0.3 is 4.90 Å². The van der Waals surface area contributed by atoms with Crippen LogP contribution >= 0.6 is 11.6 Å². The second kappa shape index (κ2) is 8.44. The topological polar surface area (TPSA) is 72.8 Å². The number of nitriles is 1. The average Bonchev–Trinajstić information content (AvgIpc) is 3.42. The molecule has 32 heavy (non-hydrogen) atoms. The number of halogens is 1. The predicted molar refractivity (Wildman–Crippen MR) is 124 cm³/mol. The van der Waals surface area contributed by atoms with Crippen LogP contribution in [0.5, 0.6) is 0 Å². The fourth-order valence-corrected chi connectivity index (χ4v) is 5.50. The van der Waals surface area contributed by atoms with Gasteiger partial charge in [-0.1, -0.05) is 29.8 Å². The van der Waals surface area contributed by atoms with Gasteiger partial charge in [0.15, 0.2) is 0 Å². The van der Waals surface area contributed by atoms with Gasteiger partial charge in [-0.05, 0) is 85.0 Å². The van der Waals surface area contributed by atoms with Crippen LogP contribution in [0.15, 0.2) is 42.6 Å². The molecular formula is C26H25ClN4O. The van der Waals surface area contributed by atoms with E-state index < -0.39 is 0 Å². The lowest BCUT2D eigenvalue weighted by Crippen LogP contribution is -2.41. The molecular weight excluding hydrogens is 420 g/mol.